The van der Waals surface area contributed by atoms with E-state index in [1.165, 1.54) is 0 Å². The lowest BCUT2D eigenvalue weighted by Gasteiger charge is -2.03. The first kappa shape index (κ1) is 13.6. The summed E-state index contributed by atoms with van der Waals surface area (Å²) in [6.07, 6.45) is 0. The molecule has 0 fully saturated rings. The van der Waals surface area contributed by atoms with Gasteiger partial charge in [-0.05, 0) is 28.1 Å². The van der Waals surface area contributed by atoms with Crippen LogP contribution in [0.1, 0.15) is 0 Å². The van der Waals surface area contributed by atoms with Crippen molar-refractivity contribution in [1.29, 1.82) is 0 Å². The predicted molar refractivity (Wildman–Crippen MR) is 98.8 cm³/mol. The van der Waals surface area contributed by atoms with Crippen LogP contribution in [0, 0.1) is 13.7 Å². The second-order valence-electron chi connectivity index (χ2n) is 5.22. The number of halogens is 1. The van der Waals surface area contributed by atoms with Crippen molar-refractivity contribution in [3.63, 3.8) is 0 Å². The summed E-state index contributed by atoms with van der Waals surface area (Å²) < 4.78 is 6.68. The smallest absolute Gasteiger partial charge is 0.294 e. The van der Waals surface area contributed by atoms with Gasteiger partial charge >= 0.3 is 0 Å². The van der Waals surface area contributed by atoms with Gasteiger partial charge in [0.2, 0.25) is 0 Å². The van der Waals surface area contributed by atoms with Crippen molar-refractivity contribution >= 4 is 74.3 Å². The standard InChI is InChI=1S/C16H9BINO3/c17-11-7-3-6-10-12-14(19(20)21)13(18)8-4-1-2-5-9(8)16(12)22-15(10)11/h1-7H,17H2. The molecular formula is C16H9BINO3. The summed E-state index contributed by atoms with van der Waals surface area (Å²) in [6.45, 7) is 0. The Balaban J connectivity index is 2.42. The molecule has 1 aromatic heterocycles. The number of para-hydroxylation sites is 1. The van der Waals surface area contributed by atoms with Crippen molar-refractivity contribution in [3.8, 4) is 0 Å². The quantitative estimate of drug-likeness (QED) is 0.212. The van der Waals surface area contributed by atoms with Gasteiger partial charge in [-0.3, -0.25) is 10.1 Å². The Bertz CT molecular complexity index is 1090. The molecule has 1 heterocycles. The van der Waals surface area contributed by atoms with Crippen LogP contribution in [-0.4, -0.2) is 12.8 Å². The van der Waals surface area contributed by atoms with Gasteiger partial charge in [0, 0.05) is 16.2 Å². The van der Waals surface area contributed by atoms with Crippen LogP contribution in [0.5, 0.6) is 0 Å². The molecule has 22 heavy (non-hydrogen) atoms. The molecule has 106 valence electrons. The van der Waals surface area contributed by atoms with Crippen LogP contribution in [0.25, 0.3) is 32.7 Å². The molecule has 0 aliphatic carbocycles. The lowest BCUT2D eigenvalue weighted by atomic mass is 9.93. The minimum atomic E-state index is -0.312. The first-order valence-electron chi connectivity index (χ1n) is 6.76. The van der Waals surface area contributed by atoms with Gasteiger partial charge in [0.15, 0.2) is 0 Å². The van der Waals surface area contributed by atoms with Gasteiger partial charge in [0.25, 0.3) is 5.69 Å². The fourth-order valence-electron chi connectivity index (χ4n) is 2.97. The zero-order valence-electron chi connectivity index (χ0n) is 11.6. The summed E-state index contributed by atoms with van der Waals surface area (Å²) in [4.78, 5) is 11.4. The summed E-state index contributed by atoms with van der Waals surface area (Å²) >= 11 is 2.06. The predicted octanol–water partition coefficient (Wildman–Crippen LogP) is 3.51. The highest BCUT2D eigenvalue weighted by molar-refractivity contribution is 14.1. The second kappa shape index (κ2) is 4.71. The van der Waals surface area contributed by atoms with E-state index in [9.17, 15) is 10.1 Å². The normalized spacial score (nSPS) is 11.5. The van der Waals surface area contributed by atoms with Gasteiger partial charge in [-0.25, -0.2) is 0 Å². The molecule has 3 aromatic carbocycles. The number of rotatable bonds is 1. The summed E-state index contributed by atoms with van der Waals surface area (Å²) in [5, 5.41) is 14.8. The maximum atomic E-state index is 11.7. The Labute approximate surface area is 139 Å². The Morgan fingerprint density at radius 1 is 1.00 bits per heavy atom. The molecule has 0 bridgehead atoms. The third-order valence-electron chi connectivity index (χ3n) is 3.95. The van der Waals surface area contributed by atoms with E-state index in [1.807, 2.05) is 50.3 Å². The zero-order chi connectivity index (χ0) is 15.4. The largest absolute Gasteiger partial charge is 0.456 e. The molecule has 0 aliphatic rings. The zero-order valence-corrected chi connectivity index (χ0v) is 13.7. The van der Waals surface area contributed by atoms with Crippen molar-refractivity contribution in [2.45, 2.75) is 0 Å². The van der Waals surface area contributed by atoms with Crippen molar-refractivity contribution in [2.24, 2.45) is 0 Å². The van der Waals surface area contributed by atoms with E-state index in [4.69, 9.17) is 4.42 Å². The number of nitrogens with zero attached hydrogens (tertiary/aromatic N) is 1. The fourth-order valence-corrected chi connectivity index (χ4v) is 3.90. The van der Waals surface area contributed by atoms with E-state index in [0.29, 0.717) is 20.1 Å². The Morgan fingerprint density at radius 3 is 2.41 bits per heavy atom. The number of nitro benzene ring substituents is 1. The first-order chi connectivity index (χ1) is 10.6. The van der Waals surface area contributed by atoms with Crippen LogP contribution in [0.3, 0.4) is 0 Å². The van der Waals surface area contributed by atoms with Crippen molar-refractivity contribution in [3.05, 3.63) is 56.1 Å². The fraction of sp³-hybridized carbons (Fsp3) is 0. The molecule has 0 saturated heterocycles. The molecule has 0 radical (unpaired) electrons. The summed E-state index contributed by atoms with van der Waals surface area (Å²) in [5.41, 5.74) is 2.40. The molecule has 0 spiro atoms. The van der Waals surface area contributed by atoms with E-state index >= 15 is 0 Å². The van der Waals surface area contributed by atoms with E-state index in [1.54, 1.807) is 0 Å². The average Bonchev–Trinajstić information content (AvgIpc) is 2.88. The molecule has 0 atom stereocenters. The maximum absolute atomic E-state index is 11.7. The number of hydrogen-bond acceptors (Lipinski definition) is 3. The van der Waals surface area contributed by atoms with Gasteiger partial charge in [0.1, 0.15) is 24.4 Å². The minimum Gasteiger partial charge on any atom is -0.456 e. The molecule has 4 rings (SSSR count). The number of nitro groups is 1. The maximum Gasteiger partial charge on any atom is 0.294 e. The molecule has 0 saturated carbocycles. The van der Waals surface area contributed by atoms with Crippen molar-refractivity contribution in [1.82, 2.24) is 0 Å². The third-order valence-corrected chi connectivity index (χ3v) is 5.04. The third kappa shape index (κ3) is 1.70. The van der Waals surface area contributed by atoms with E-state index in [0.717, 1.165) is 21.6 Å². The summed E-state index contributed by atoms with van der Waals surface area (Å²) in [5.74, 6) is 0. The number of hydrogen-bond donors (Lipinski definition) is 0. The first-order valence-corrected chi connectivity index (χ1v) is 7.84. The average molecular weight is 401 g/mol. The lowest BCUT2D eigenvalue weighted by molar-refractivity contribution is -0.383. The van der Waals surface area contributed by atoms with Gasteiger partial charge in [-0.1, -0.05) is 42.5 Å². The van der Waals surface area contributed by atoms with Crippen LogP contribution in [0.15, 0.2) is 46.9 Å². The highest BCUT2D eigenvalue weighted by Gasteiger charge is 2.26. The highest BCUT2D eigenvalue weighted by Crippen LogP contribution is 2.43. The Hall–Kier alpha value is -2.09. The van der Waals surface area contributed by atoms with E-state index < -0.39 is 0 Å². The Kier molecular flexibility index (Phi) is 2.90. The van der Waals surface area contributed by atoms with Crippen LogP contribution in [-0.2, 0) is 0 Å². The number of furan rings is 1. The van der Waals surface area contributed by atoms with Gasteiger partial charge in [-0.15, -0.1) is 0 Å². The van der Waals surface area contributed by atoms with Gasteiger partial charge in [-0.2, -0.15) is 0 Å². The second-order valence-corrected chi connectivity index (χ2v) is 6.30. The minimum absolute atomic E-state index is 0.124. The number of fused-ring (bicyclic) bond motifs is 5. The van der Waals surface area contributed by atoms with Crippen molar-refractivity contribution < 1.29 is 9.34 Å². The molecule has 4 nitrogen and oxygen atoms in total. The topological polar surface area (TPSA) is 56.3 Å². The monoisotopic (exact) mass is 401 g/mol. The molecule has 0 N–H and O–H groups in total. The van der Waals surface area contributed by atoms with Crippen LogP contribution in [0.4, 0.5) is 5.69 Å². The van der Waals surface area contributed by atoms with Gasteiger partial charge < -0.3 is 4.42 Å². The summed E-state index contributed by atoms with van der Waals surface area (Å²) in [6, 6.07) is 13.4. The lowest BCUT2D eigenvalue weighted by Crippen LogP contribution is -2.00. The van der Waals surface area contributed by atoms with E-state index in [-0.39, 0.29) is 10.6 Å². The van der Waals surface area contributed by atoms with Crippen molar-refractivity contribution in [2.75, 3.05) is 0 Å². The van der Waals surface area contributed by atoms with Crippen LogP contribution < -0.4 is 5.46 Å². The molecule has 0 unspecified atom stereocenters. The van der Waals surface area contributed by atoms with E-state index in [2.05, 4.69) is 22.6 Å². The molecule has 6 heteroatoms. The SMILES string of the molecule is Bc1cccc2c1oc1c3ccccc3c(I)c([N+](=O)[O-])c21. The highest BCUT2D eigenvalue weighted by atomic mass is 127. The molecular weight excluding hydrogens is 392 g/mol. The number of benzene rings is 3. The molecule has 0 amide bonds. The van der Waals surface area contributed by atoms with Crippen LogP contribution >= 0.6 is 22.6 Å². The van der Waals surface area contributed by atoms with Crippen LogP contribution in [0.2, 0.25) is 0 Å². The molecule has 0 aliphatic heterocycles. The Morgan fingerprint density at radius 2 is 1.68 bits per heavy atom. The summed E-state index contributed by atoms with van der Waals surface area (Å²) in [7, 11) is 1.95. The van der Waals surface area contributed by atoms with Gasteiger partial charge in [0.05, 0.1) is 8.49 Å². The molecule has 4 aromatic rings.